The first-order valence-electron chi connectivity index (χ1n) is 34.7. The molecule has 83 heavy (non-hydrogen) atoms. The van der Waals surface area contributed by atoms with E-state index in [2.05, 4.69) is 79.9 Å². The SMILES string of the molecule is CC/C=C/CC/C=C/CC/C=C/C(O)C(COC1OC(CO)C(O)C(O)C1O)NC(=O)CCCCCCCCCCCCC/C=C\C/C=C\CCCCCCCCCCCOC(=O)CCCCCCCCC/C=C\CCCCCCCCC. The summed E-state index contributed by atoms with van der Waals surface area (Å²) in [6, 6.07) is -0.838. The van der Waals surface area contributed by atoms with E-state index in [9.17, 15) is 35.1 Å². The zero-order valence-corrected chi connectivity index (χ0v) is 53.4. The van der Waals surface area contributed by atoms with Gasteiger partial charge in [-0.3, -0.25) is 9.59 Å². The molecule has 6 N–H and O–H groups in total. The first-order chi connectivity index (χ1) is 40.7. The second-order valence-corrected chi connectivity index (χ2v) is 23.8. The van der Waals surface area contributed by atoms with Gasteiger partial charge in [0.25, 0.3) is 0 Å². The maximum Gasteiger partial charge on any atom is 0.305 e. The molecule has 1 saturated heterocycles. The van der Waals surface area contributed by atoms with Gasteiger partial charge in [-0.25, -0.2) is 0 Å². The Morgan fingerprint density at radius 3 is 1.33 bits per heavy atom. The molecule has 1 aliphatic rings. The smallest absolute Gasteiger partial charge is 0.305 e. The maximum absolute atomic E-state index is 13.0. The van der Waals surface area contributed by atoms with Crippen molar-refractivity contribution in [3.8, 4) is 0 Å². The Bertz CT molecular complexity index is 1610. The molecule has 0 bridgehead atoms. The molecule has 11 nitrogen and oxygen atoms in total. The van der Waals surface area contributed by atoms with E-state index in [-0.39, 0.29) is 18.5 Å². The lowest BCUT2D eigenvalue weighted by atomic mass is 9.99. The number of rotatable bonds is 60. The first-order valence-corrected chi connectivity index (χ1v) is 34.7. The number of aliphatic hydroxyl groups excluding tert-OH is 5. The summed E-state index contributed by atoms with van der Waals surface area (Å²) in [6.45, 7) is 4.20. The van der Waals surface area contributed by atoms with Gasteiger partial charge in [0.1, 0.15) is 24.4 Å². The molecular formula is C72H129NO10. The molecule has 1 fully saturated rings. The molecule has 7 atom stereocenters. The van der Waals surface area contributed by atoms with Gasteiger partial charge < -0.3 is 45.1 Å². The summed E-state index contributed by atoms with van der Waals surface area (Å²) in [7, 11) is 0. The quantitative estimate of drug-likeness (QED) is 0.0195. The van der Waals surface area contributed by atoms with Gasteiger partial charge in [0.05, 0.1) is 32.0 Å². The summed E-state index contributed by atoms with van der Waals surface area (Å²) in [6.07, 6.45) is 71.9. The summed E-state index contributed by atoms with van der Waals surface area (Å²) in [5.41, 5.74) is 0. The molecule has 0 aromatic rings. The van der Waals surface area contributed by atoms with Crippen molar-refractivity contribution in [2.45, 2.75) is 352 Å². The third-order valence-electron chi connectivity index (χ3n) is 16.0. The number of hydrogen-bond donors (Lipinski definition) is 6. The highest BCUT2D eigenvalue weighted by molar-refractivity contribution is 5.76. The molecule has 1 heterocycles. The van der Waals surface area contributed by atoms with Crippen LogP contribution in [-0.4, -0.2) is 100 Å². The molecule has 1 amide bonds. The molecule has 0 aromatic heterocycles. The minimum atomic E-state index is -1.58. The van der Waals surface area contributed by atoms with E-state index in [4.69, 9.17) is 14.2 Å². The van der Waals surface area contributed by atoms with E-state index in [0.717, 1.165) is 89.9 Å². The van der Waals surface area contributed by atoms with Gasteiger partial charge >= 0.3 is 5.97 Å². The van der Waals surface area contributed by atoms with E-state index < -0.39 is 49.5 Å². The highest BCUT2D eigenvalue weighted by Crippen LogP contribution is 2.23. The fourth-order valence-corrected chi connectivity index (χ4v) is 10.6. The third kappa shape index (κ3) is 49.9. The van der Waals surface area contributed by atoms with Crippen LogP contribution in [0.5, 0.6) is 0 Å². The Morgan fingerprint density at radius 2 is 0.855 bits per heavy atom. The minimum absolute atomic E-state index is 0.00290. The number of carbonyl (C=O) groups excluding carboxylic acids is 2. The molecular weight excluding hydrogens is 1040 g/mol. The fraction of sp³-hybridized carbons (Fsp3) is 0.806. The second-order valence-electron chi connectivity index (χ2n) is 23.8. The van der Waals surface area contributed by atoms with Crippen LogP contribution in [0.2, 0.25) is 0 Å². The van der Waals surface area contributed by atoms with Crippen molar-refractivity contribution in [1.82, 2.24) is 5.32 Å². The Balaban J connectivity index is 1.96. The average Bonchev–Trinajstić information content (AvgIpc) is 3.69. The minimum Gasteiger partial charge on any atom is -0.466 e. The van der Waals surface area contributed by atoms with Crippen LogP contribution in [0, 0.1) is 0 Å². The Morgan fingerprint density at radius 1 is 0.458 bits per heavy atom. The number of amides is 1. The van der Waals surface area contributed by atoms with E-state index in [1.165, 1.54) is 193 Å². The van der Waals surface area contributed by atoms with E-state index in [1.807, 2.05) is 6.08 Å². The number of allylic oxidation sites excluding steroid dienone is 11. The van der Waals surface area contributed by atoms with Crippen molar-refractivity contribution in [2.24, 2.45) is 0 Å². The van der Waals surface area contributed by atoms with Crippen LogP contribution in [0.1, 0.15) is 309 Å². The average molecular weight is 1170 g/mol. The standard InChI is InChI=1S/C72H129NO10/c1-3-5-7-9-11-13-15-16-17-18-31-34-37-40-44-48-52-56-60-68(77)81-61-57-53-49-45-41-38-35-32-29-27-25-23-21-19-20-22-24-26-28-30-33-36-39-43-47-51-55-59-67(76)73-64(63-82-72-71(80)70(79)69(78)66(62-74)83-72)65(75)58-54-50-46-42-14-12-10-8-6-4-2/h6,8,14,17-20,23,25,42,54,58,64-66,69-72,74-75,78-80H,3-5,7,9-13,15-16,21-22,24,26-41,43-53,55-57,59-63H2,1-2H3,(H,73,76)/b8-6+,18-17-,20-19-,25-23-,42-14+,58-54+. The number of hydrogen-bond acceptors (Lipinski definition) is 10. The monoisotopic (exact) mass is 1170 g/mol. The van der Waals surface area contributed by atoms with E-state index in [0.29, 0.717) is 19.4 Å². The molecule has 482 valence electrons. The summed E-state index contributed by atoms with van der Waals surface area (Å²) in [4.78, 5) is 25.1. The number of esters is 1. The van der Waals surface area contributed by atoms with Gasteiger partial charge in [0.2, 0.25) is 5.91 Å². The van der Waals surface area contributed by atoms with Gasteiger partial charge in [-0.15, -0.1) is 0 Å². The van der Waals surface area contributed by atoms with Crippen LogP contribution in [0.25, 0.3) is 0 Å². The Hall–Kier alpha value is -2.90. The summed E-state index contributed by atoms with van der Waals surface area (Å²) in [5, 5.41) is 54.3. The van der Waals surface area contributed by atoms with Crippen molar-refractivity contribution >= 4 is 11.9 Å². The Kier molecular flexibility index (Phi) is 57.2. The van der Waals surface area contributed by atoms with Gasteiger partial charge in [0.15, 0.2) is 6.29 Å². The van der Waals surface area contributed by atoms with Crippen molar-refractivity contribution in [3.63, 3.8) is 0 Å². The molecule has 0 radical (unpaired) electrons. The number of aliphatic hydroxyl groups is 5. The lowest BCUT2D eigenvalue weighted by Crippen LogP contribution is -2.60. The van der Waals surface area contributed by atoms with Crippen molar-refractivity contribution in [2.75, 3.05) is 19.8 Å². The first kappa shape index (κ1) is 78.1. The number of carbonyl (C=O) groups is 2. The highest BCUT2D eigenvalue weighted by Gasteiger charge is 2.44. The van der Waals surface area contributed by atoms with Gasteiger partial charge in [-0.05, 0) is 109 Å². The zero-order chi connectivity index (χ0) is 60.2. The molecule has 0 spiro atoms. The number of unbranched alkanes of at least 4 members (excludes halogenated alkanes) is 36. The highest BCUT2D eigenvalue weighted by atomic mass is 16.7. The predicted molar refractivity (Wildman–Crippen MR) is 347 cm³/mol. The summed E-state index contributed by atoms with van der Waals surface area (Å²) in [5.74, 6) is -0.205. The van der Waals surface area contributed by atoms with Crippen LogP contribution in [0.3, 0.4) is 0 Å². The van der Waals surface area contributed by atoms with E-state index >= 15 is 0 Å². The Labute approximate surface area is 509 Å². The maximum atomic E-state index is 13.0. The third-order valence-corrected chi connectivity index (χ3v) is 16.0. The lowest BCUT2D eigenvalue weighted by molar-refractivity contribution is -0.302. The van der Waals surface area contributed by atoms with Crippen LogP contribution in [0.15, 0.2) is 72.9 Å². The number of ether oxygens (including phenoxy) is 3. The molecule has 1 aliphatic heterocycles. The van der Waals surface area contributed by atoms with Gasteiger partial charge in [-0.1, -0.05) is 260 Å². The van der Waals surface area contributed by atoms with Crippen LogP contribution in [-0.2, 0) is 23.8 Å². The molecule has 7 unspecified atom stereocenters. The normalized spacial score (nSPS) is 18.6. The number of nitrogens with one attached hydrogen (secondary N) is 1. The van der Waals surface area contributed by atoms with Crippen LogP contribution < -0.4 is 5.32 Å². The molecule has 1 rings (SSSR count). The van der Waals surface area contributed by atoms with Crippen molar-refractivity contribution < 1.29 is 49.3 Å². The van der Waals surface area contributed by atoms with Crippen molar-refractivity contribution in [3.05, 3.63) is 72.9 Å². The molecule has 0 saturated carbocycles. The van der Waals surface area contributed by atoms with Crippen LogP contribution in [0.4, 0.5) is 0 Å². The summed E-state index contributed by atoms with van der Waals surface area (Å²) >= 11 is 0. The fourth-order valence-electron chi connectivity index (χ4n) is 10.6. The zero-order valence-electron chi connectivity index (χ0n) is 53.4. The molecule has 0 aliphatic carbocycles. The van der Waals surface area contributed by atoms with Gasteiger partial charge in [0, 0.05) is 12.8 Å². The van der Waals surface area contributed by atoms with Crippen LogP contribution >= 0.6 is 0 Å². The van der Waals surface area contributed by atoms with Crippen molar-refractivity contribution in [1.29, 1.82) is 0 Å². The largest absolute Gasteiger partial charge is 0.466 e. The second kappa shape index (κ2) is 60.8. The lowest BCUT2D eigenvalue weighted by Gasteiger charge is -2.40. The van der Waals surface area contributed by atoms with E-state index in [1.54, 1.807) is 6.08 Å². The molecule has 0 aromatic carbocycles. The predicted octanol–water partition coefficient (Wildman–Crippen LogP) is 17.5. The van der Waals surface area contributed by atoms with Gasteiger partial charge in [-0.2, -0.15) is 0 Å². The summed E-state index contributed by atoms with van der Waals surface area (Å²) < 4.78 is 16.7. The molecule has 11 heteroatoms. The topological polar surface area (TPSA) is 175 Å².